The molecule has 282 valence electrons. The number of likely N-dealkylation sites (N-methyl/N-ethyl adjacent to an activating group) is 2. The van der Waals surface area contributed by atoms with Crippen LogP contribution in [0.1, 0.15) is 56.1 Å². The third-order valence-corrected chi connectivity index (χ3v) is 13.6. The Morgan fingerprint density at radius 1 is 0.925 bits per heavy atom. The summed E-state index contributed by atoms with van der Waals surface area (Å²) in [5.41, 5.74) is 1.38. The summed E-state index contributed by atoms with van der Waals surface area (Å²) >= 11 is 6.47. The molecule has 0 radical (unpaired) electrons. The maximum atomic E-state index is 14.9. The van der Waals surface area contributed by atoms with E-state index >= 15 is 0 Å². The van der Waals surface area contributed by atoms with Crippen LogP contribution in [0.25, 0.3) is 10.8 Å². The molecule has 4 saturated carbocycles. The number of hydrogen-bond acceptors (Lipinski definition) is 6. The number of likely N-dealkylation sites (tertiary alicyclic amines) is 1. The van der Waals surface area contributed by atoms with Gasteiger partial charge < -0.3 is 30.0 Å². The predicted octanol–water partition coefficient (Wildman–Crippen LogP) is 4.97. The molecule has 9 rings (SSSR count). The van der Waals surface area contributed by atoms with Crippen LogP contribution < -0.4 is 5.32 Å². The van der Waals surface area contributed by atoms with E-state index in [2.05, 4.69) is 34.3 Å². The van der Waals surface area contributed by atoms with Crippen molar-refractivity contribution in [3.8, 4) is 0 Å². The number of fused-ring (bicyclic) bond motifs is 1. The topological polar surface area (TPSA) is 96.4 Å². The molecule has 6 fully saturated rings. The number of carbonyl (C=O) groups excluding carboxylic acids is 3. The first-order valence-corrected chi connectivity index (χ1v) is 20.0. The number of nitrogens with one attached hydrogen (secondary N) is 1. The molecule has 3 aromatic carbocycles. The summed E-state index contributed by atoms with van der Waals surface area (Å²) in [6.07, 6.45) is 5.87. The van der Waals surface area contributed by atoms with Gasteiger partial charge in [-0.15, -0.1) is 0 Å². The second kappa shape index (κ2) is 14.6. The molecule has 3 amide bonds. The van der Waals surface area contributed by atoms with Gasteiger partial charge in [0.1, 0.15) is 12.1 Å². The van der Waals surface area contributed by atoms with Crippen LogP contribution in [0, 0.1) is 22.7 Å². The standard InChI is InChI=1S/C43H54ClN5O4/c1-46-13-15-48(16-14-46)28-42-21-30-17-31(22-42)24-43(23-30,27-42)41(53)49-26-35(50)20-38(49)39(51)45-37(19-29-11-12-32-7-3-4-8-33(32)18-29)40(52)47(2)25-34-9-5-6-10-36(34)44/h3-12,18,30-31,35,37-38,50H,13-17,19-28H2,1-2H3,(H,45,51). The number of carbonyl (C=O) groups is 3. The summed E-state index contributed by atoms with van der Waals surface area (Å²) < 4.78 is 0. The molecule has 2 heterocycles. The molecule has 5 atom stereocenters. The minimum Gasteiger partial charge on any atom is -0.391 e. The lowest BCUT2D eigenvalue weighted by Gasteiger charge is -2.63. The second-order valence-electron chi connectivity index (χ2n) is 17.4. The highest BCUT2D eigenvalue weighted by atomic mass is 35.5. The van der Waals surface area contributed by atoms with E-state index in [0.29, 0.717) is 16.9 Å². The lowest BCUT2D eigenvalue weighted by atomic mass is 9.43. The Kier molecular flexibility index (Phi) is 10.1. The van der Waals surface area contributed by atoms with Crippen molar-refractivity contribution >= 4 is 40.1 Å². The van der Waals surface area contributed by atoms with Gasteiger partial charge >= 0.3 is 0 Å². The van der Waals surface area contributed by atoms with Crippen molar-refractivity contribution in [1.82, 2.24) is 24.9 Å². The van der Waals surface area contributed by atoms with Crippen LogP contribution in [0.3, 0.4) is 0 Å². The van der Waals surface area contributed by atoms with Gasteiger partial charge in [0.15, 0.2) is 0 Å². The SMILES string of the molecule is CN1CCN(CC23CC4CC(C2)CC(C(=O)N2CC(O)CC2C(=O)NC(Cc2ccc5ccccc5c2)C(=O)N(C)Cc2ccccc2Cl)(C4)C3)CC1. The molecule has 2 N–H and O–H groups in total. The van der Waals surface area contributed by atoms with Crippen molar-refractivity contribution < 1.29 is 19.5 Å². The van der Waals surface area contributed by atoms with Crippen LogP contribution >= 0.6 is 11.6 Å². The minimum atomic E-state index is -0.878. The molecule has 3 aromatic rings. The Labute approximate surface area is 318 Å². The molecule has 4 bridgehead atoms. The molecule has 0 spiro atoms. The van der Waals surface area contributed by atoms with E-state index in [0.717, 1.165) is 73.9 Å². The fraction of sp³-hybridized carbons (Fsp3) is 0.558. The molecule has 5 unspecified atom stereocenters. The van der Waals surface area contributed by atoms with Crippen molar-refractivity contribution in [1.29, 1.82) is 0 Å². The molecule has 2 saturated heterocycles. The molecular weight excluding hydrogens is 686 g/mol. The third-order valence-electron chi connectivity index (χ3n) is 13.2. The van der Waals surface area contributed by atoms with E-state index in [-0.39, 0.29) is 49.1 Å². The second-order valence-corrected chi connectivity index (χ2v) is 17.8. The van der Waals surface area contributed by atoms with Gasteiger partial charge in [0, 0.05) is 70.7 Å². The zero-order chi connectivity index (χ0) is 36.9. The Hall–Kier alpha value is -3.50. The van der Waals surface area contributed by atoms with E-state index in [1.807, 2.05) is 48.5 Å². The highest BCUT2D eigenvalue weighted by Crippen LogP contribution is 2.66. The van der Waals surface area contributed by atoms with Crippen LogP contribution in [0.4, 0.5) is 0 Å². The molecule has 2 aliphatic heterocycles. The Morgan fingerprint density at radius 3 is 2.36 bits per heavy atom. The van der Waals surface area contributed by atoms with Gasteiger partial charge in [0.25, 0.3) is 0 Å². The fourth-order valence-corrected chi connectivity index (χ4v) is 11.5. The summed E-state index contributed by atoms with van der Waals surface area (Å²) in [5, 5.41) is 16.9. The average molecular weight is 740 g/mol. The van der Waals surface area contributed by atoms with E-state index in [9.17, 15) is 19.5 Å². The van der Waals surface area contributed by atoms with E-state index in [1.54, 1.807) is 22.9 Å². The van der Waals surface area contributed by atoms with Gasteiger partial charge in [-0.2, -0.15) is 0 Å². The summed E-state index contributed by atoms with van der Waals surface area (Å²) in [4.78, 5) is 51.9. The molecule has 4 aliphatic carbocycles. The minimum absolute atomic E-state index is 0.0410. The Bertz CT molecular complexity index is 1850. The zero-order valence-corrected chi connectivity index (χ0v) is 31.9. The number of piperazine rings is 1. The number of hydrogen-bond donors (Lipinski definition) is 2. The quantitative estimate of drug-likeness (QED) is 0.305. The van der Waals surface area contributed by atoms with Crippen LogP contribution in [0.15, 0.2) is 66.7 Å². The van der Waals surface area contributed by atoms with E-state index in [1.165, 1.54) is 19.3 Å². The summed E-state index contributed by atoms with van der Waals surface area (Å²) in [7, 11) is 3.92. The van der Waals surface area contributed by atoms with Crippen molar-refractivity contribution in [2.24, 2.45) is 22.7 Å². The monoisotopic (exact) mass is 739 g/mol. The lowest BCUT2D eigenvalue weighted by molar-refractivity contribution is -0.172. The van der Waals surface area contributed by atoms with E-state index in [4.69, 9.17) is 11.6 Å². The molecular formula is C43H54ClN5O4. The fourth-order valence-electron chi connectivity index (χ4n) is 11.3. The van der Waals surface area contributed by atoms with Gasteiger partial charge in [-0.05, 0) is 90.8 Å². The lowest BCUT2D eigenvalue weighted by Crippen LogP contribution is -2.62. The predicted molar refractivity (Wildman–Crippen MR) is 207 cm³/mol. The number of nitrogens with zero attached hydrogens (tertiary/aromatic N) is 4. The van der Waals surface area contributed by atoms with Crippen LogP contribution in [-0.2, 0) is 27.3 Å². The van der Waals surface area contributed by atoms with Gasteiger partial charge in [-0.25, -0.2) is 0 Å². The largest absolute Gasteiger partial charge is 0.391 e. The smallest absolute Gasteiger partial charge is 0.245 e. The number of halogens is 1. The molecule has 0 aromatic heterocycles. The highest BCUT2D eigenvalue weighted by molar-refractivity contribution is 6.31. The van der Waals surface area contributed by atoms with Gasteiger partial charge in [0.2, 0.25) is 17.7 Å². The maximum Gasteiger partial charge on any atom is 0.245 e. The number of aliphatic hydroxyl groups is 1. The molecule has 9 nitrogen and oxygen atoms in total. The number of aliphatic hydroxyl groups excluding tert-OH is 1. The zero-order valence-electron chi connectivity index (χ0n) is 31.2. The molecule has 10 heteroatoms. The highest BCUT2D eigenvalue weighted by Gasteiger charge is 2.62. The van der Waals surface area contributed by atoms with Crippen molar-refractivity contribution in [2.45, 2.75) is 76.1 Å². The Morgan fingerprint density at radius 2 is 1.62 bits per heavy atom. The van der Waals surface area contributed by atoms with Crippen molar-refractivity contribution in [3.63, 3.8) is 0 Å². The van der Waals surface area contributed by atoms with Crippen molar-refractivity contribution in [2.75, 3.05) is 53.4 Å². The number of amides is 3. The van der Waals surface area contributed by atoms with Gasteiger partial charge in [-0.1, -0.05) is 72.3 Å². The maximum absolute atomic E-state index is 14.9. The first kappa shape index (κ1) is 36.5. The van der Waals surface area contributed by atoms with Crippen LogP contribution in [0.2, 0.25) is 5.02 Å². The van der Waals surface area contributed by atoms with Crippen LogP contribution in [0.5, 0.6) is 0 Å². The number of β-amino-alcohol motifs (C(OH)–C–C–N with tert-alkyl or cyclic N) is 1. The Balaban J connectivity index is 1.02. The molecule has 53 heavy (non-hydrogen) atoms. The average Bonchev–Trinajstić information content (AvgIpc) is 3.53. The molecule has 6 aliphatic rings. The number of rotatable bonds is 10. The summed E-state index contributed by atoms with van der Waals surface area (Å²) in [5.74, 6) is 0.487. The van der Waals surface area contributed by atoms with Gasteiger partial charge in [0.05, 0.1) is 11.5 Å². The number of benzene rings is 3. The third kappa shape index (κ3) is 7.47. The summed E-state index contributed by atoms with van der Waals surface area (Å²) in [6, 6.07) is 19.9. The van der Waals surface area contributed by atoms with Crippen molar-refractivity contribution in [3.05, 3.63) is 82.9 Å². The normalized spacial score (nSPS) is 30.5. The van der Waals surface area contributed by atoms with E-state index < -0.39 is 23.6 Å². The van der Waals surface area contributed by atoms with Crippen LogP contribution in [-0.4, -0.2) is 114 Å². The first-order chi connectivity index (χ1) is 25.5. The summed E-state index contributed by atoms with van der Waals surface area (Å²) in [6.45, 7) is 5.79. The van der Waals surface area contributed by atoms with Gasteiger partial charge in [-0.3, -0.25) is 14.4 Å². The first-order valence-electron chi connectivity index (χ1n) is 19.6.